The van der Waals surface area contributed by atoms with Gasteiger partial charge < -0.3 is 5.32 Å². The van der Waals surface area contributed by atoms with Gasteiger partial charge in [0, 0.05) is 11.6 Å². The second-order valence-corrected chi connectivity index (χ2v) is 3.44. The van der Waals surface area contributed by atoms with E-state index in [1.807, 2.05) is 14.0 Å². The van der Waals surface area contributed by atoms with E-state index in [-0.39, 0.29) is 11.9 Å². The van der Waals surface area contributed by atoms with Gasteiger partial charge in [0.05, 0.1) is 11.6 Å². The molecule has 1 unspecified atom stereocenters. The van der Waals surface area contributed by atoms with Gasteiger partial charge in [0.1, 0.15) is 11.6 Å². The Hall–Kier alpha value is -1.55. The molecule has 0 saturated heterocycles. The normalized spacial score (nSPS) is 13.0. The minimum Gasteiger partial charge on any atom is -0.311 e. The Bertz CT molecular complexity index is 484. The topological polar surface area (TPSA) is 37.8 Å². The second-order valence-electron chi connectivity index (χ2n) is 3.44. The van der Waals surface area contributed by atoms with Crippen LogP contribution in [0.1, 0.15) is 18.8 Å². The highest BCUT2D eigenvalue weighted by Gasteiger charge is 2.06. The van der Waals surface area contributed by atoms with Crippen LogP contribution in [0.25, 0.3) is 10.9 Å². The number of fused-ring (bicyclic) bond motifs is 1. The minimum atomic E-state index is -0.263. The summed E-state index contributed by atoms with van der Waals surface area (Å²) in [7, 11) is 1.85. The van der Waals surface area contributed by atoms with Gasteiger partial charge in [0.15, 0.2) is 0 Å². The summed E-state index contributed by atoms with van der Waals surface area (Å²) in [6.07, 6.45) is 1.65. The van der Waals surface area contributed by atoms with Crippen LogP contribution in [0.4, 0.5) is 4.39 Å². The Kier molecular flexibility index (Phi) is 2.60. The van der Waals surface area contributed by atoms with E-state index in [0.717, 1.165) is 16.7 Å². The third-order valence-corrected chi connectivity index (χ3v) is 2.38. The zero-order chi connectivity index (χ0) is 10.8. The van der Waals surface area contributed by atoms with E-state index >= 15 is 0 Å². The molecule has 1 aromatic heterocycles. The van der Waals surface area contributed by atoms with E-state index in [4.69, 9.17) is 0 Å². The van der Waals surface area contributed by atoms with E-state index in [0.29, 0.717) is 0 Å². The predicted molar refractivity (Wildman–Crippen MR) is 57.0 cm³/mol. The summed E-state index contributed by atoms with van der Waals surface area (Å²) in [5.74, 6) is 0.456. The van der Waals surface area contributed by atoms with Gasteiger partial charge in [-0.25, -0.2) is 14.4 Å². The summed E-state index contributed by atoms with van der Waals surface area (Å²) in [6, 6.07) is 4.60. The fourth-order valence-electron chi connectivity index (χ4n) is 1.36. The van der Waals surface area contributed by atoms with Crippen LogP contribution >= 0.6 is 0 Å². The first-order valence-electron chi connectivity index (χ1n) is 4.80. The number of hydrogen-bond donors (Lipinski definition) is 1. The van der Waals surface area contributed by atoms with Gasteiger partial charge in [0.25, 0.3) is 0 Å². The standard InChI is InChI=1S/C11H12FN3/c1-7(13-2)11-14-6-8-5-9(12)3-4-10(8)15-11/h3-7,13H,1-2H3. The maximum atomic E-state index is 12.9. The molecule has 0 aliphatic heterocycles. The number of hydrogen-bond acceptors (Lipinski definition) is 3. The van der Waals surface area contributed by atoms with Gasteiger partial charge in [-0.1, -0.05) is 0 Å². The van der Waals surface area contributed by atoms with Crippen molar-refractivity contribution >= 4 is 10.9 Å². The first kappa shape index (κ1) is 9.98. The second kappa shape index (κ2) is 3.90. The van der Waals surface area contributed by atoms with Crippen molar-refractivity contribution in [3.63, 3.8) is 0 Å². The third kappa shape index (κ3) is 1.94. The molecule has 0 saturated carbocycles. The van der Waals surface area contributed by atoms with Crippen LogP contribution < -0.4 is 5.32 Å². The average molecular weight is 205 g/mol. The SMILES string of the molecule is CNC(C)c1ncc2cc(F)ccc2n1. The van der Waals surface area contributed by atoms with Crippen molar-refractivity contribution in [2.24, 2.45) is 0 Å². The van der Waals surface area contributed by atoms with E-state index in [1.165, 1.54) is 12.1 Å². The molecule has 4 heteroatoms. The fraction of sp³-hybridized carbons (Fsp3) is 0.273. The van der Waals surface area contributed by atoms with Crippen molar-refractivity contribution in [1.82, 2.24) is 15.3 Å². The first-order valence-corrected chi connectivity index (χ1v) is 4.80. The lowest BCUT2D eigenvalue weighted by atomic mass is 10.2. The summed E-state index contributed by atoms with van der Waals surface area (Å²) < 4.78 is 12.9. The molecule has 78 valence electrons. The lowest BCUT2D eigenvalue weighted by Gasteiger charge is -2.08. The van der Waals surface area contributed by atoms with Gasteiger partial charge in [-0.15, -0.1) is 0 Å². The van der Waals surface area contributed by atoms with Crippen LogP contribution in [-0.2, 0) is 0 Å². The highest BCUT2D eigenvalue weighted by atomic mass is 19.1. The maximum Gasteiger partial charge on any atom is 0.145 e. The van der Waals surface area contributed by atoms with Gasteiger partial charge in [0.2, 0.25) is 0 Å². The largest absolute Gasteiger partial charge is 0.311 e. The van der Waals surface area contributed by atoms with E-state index in [2.05, 4.69) is 15.3 Å². The zero-order valence-electron chi connectivity index (χ0n) is 8.66. The summed E-state index contributed by atoms with van der Waals surface area (Å²) >= 11 is 0. The molecule has 15 heavy (non-hydrogen) atoms. The molecule has 1 aromatic carbocycles. The highest BCUT2D eigenvalue weighted by molar-refractivity contribution is 5.77. The molecule has 0 bridgehead atoms. The van der Waals surface area contributed by atoms with Crippen LogP contribution in [0.2, 0.25) is 0 Å². The van der Waals surface area contributed by atoms with Crippen LogP contribution in [0, 0.1) is 5.82 Å². The average Bonchev–Trinajstić information content (AvgIpc) is 2.27. The molecular formula is C11H12FN3. The molecule has 0 spiro atoms. The molecular weight excluding hydrogens is 193 g/mol. The molecule has 1 heterocycles. The predicted octanol–water partition coefficient (Wildman–Crippen LogP) is 2.05. The van der Waals surface area contributed by atoms with E-state index in [1.54, 1.807) is 12.3 Å². The number of nitrogens with zero attached hydrogens (tertiary/aromatic N) is 2. The molecule has 0 radical (unpaired) electrons. The van der Waals surface area contributed by atoms with Crippen molar-refractivity contribution in [2.45, 2.75) is 13.0 Å². The van der Waals surface area contributed by atoms with Crippen molar-refractivity contribution < 1.29 is 4.39 Å². The van der Waals surface area contributed by atoms with Crippen LogP contribution in [0.3, 0.4) is 0 Å². The lowest BCUT2D eigenvalue weighted by molar-refractivity contribution is 0.612. The summed E-state index contributed by atoms with van der Waals surface area (Å²) in [4.78, 5) is 8.53. The monoisotopic (exact) mass is 205 g/mol. The van der Waals surface area contributed by atoms with Crippen molar-refractivity contribution in [1.29, 1.82) is 0 Å². The Balaban J connectivity index is 2.52. The van der Waals surface area contributed by atoms with Crippen LogP contribution in [0.15, 0.2) is 24.4 Å². The summed E-state index contributed by atoms with van der Waals surface area (Å²) in [5, 5.41) is 3.78. The van der Waals surface area contributed by atoms with Gasteiger partial charge in [-0.3, -0.25) is 0 Å². The van der Waals surface area contributed by atoms with Crippen LogP contribution in [-0.4, -0.2) is 17.0 Å². The number of halogens is 1. The number of nitrogens with one attached hydrogen (secondary N) is 1. The zero-order valence-corrected chi connectivity index (χ0v) is 8.66. The highest BCUT2D eigenvalue weighted by Crippen LogP contribution is 2.14. The molecule has 0 aliphatic rings. The third-order valence-electron chi connectivity index (χ3n) is 2.38. The fourth-order valence-corrected chi connectivity index (χ4v) is 1.36. The molecule has 2 rings (SSSR count). The first-order chi connectivity index (χ1) is 7.20. The molecule has 1 atom stereocenters. The van der Waals surface area contributed by atoms with E-state index < -0.39 is 0 Å². The van der Waals surface area contributed by atoms with Gasteiger partial charge in [-0.2, -0.15) is 0 Å². The Morgan fingerprint density at radius 3 is 2.93 bits per heavy atom. The number of rotatable bonds is 2. The number of benzene rings is 1. The molecule has 3 nitrogen and oxygen atoms in total. The van der Waals surface area contributed by atoms with E-state index in [9.17, 15) is 4.39 Å². The molecule has 2 aromatic rings. The quantitative estimate of drug-likeness (QED) is 0.815. The maximum absolute atomic E-state index is 12.9. The Labute approximate surface area is 87.4 Å². The van der Waals surface area contributed by atoms with Crippen molar-refractivity contribution in [3.05, 3.63) is 36.0 Å². The molecule has 0 aliphatic carbocycles. The van der Waals surface area contributed by atoms with Crippen molar-refractivity contribution in [3.8, 4) is 0 Å². The lowest BCUT2D eigenvalue weighted by Crippen LogP contribution is -2.15. The smallest absolute Gasteiger partial charge is 0.145 e. The summed E-state index contributed by atoms with van der Waals surface area (Å²) in [6.45, 7) is 1.98. The van der Waals surface area contributed by atoms with Crippen molar-refractivity contribution in [2.75, 3.05) is 7.05 Å². The van der Waals surface area contributed by atoms with Crippen LogP contribution in [0.5, 0.6) is 0 Å². The van der Waals surface area contributed by atoms with Gasteiger partial charge in [-0.05, 0) is 32.2 Å². The Morgan fingerprint density at radius 1 is 1.40 bits per heavy atom. The number of aromatic nitrogens is 2. The molecule has 0 amide bonds. The molecule has 1 N–H and O–H groups in total. The Morgan fingerprint density at radius 2 is 2.20 bits per heavy atom. The minimum absolute atomic E-state index is 0.0967. The summed E-state index contributed by atoms with van der Waals surface area (Å²) in [5.41, 5.74) is 0.767. The van der Waals surface area contributed by atoms with Gasteiger partial charge >= 0.3 is 0 Å². The molecule has 0 fully saturated rings.